The highest BCUT2D eigenvalue weighted by Crippen LogP contribution is 2.13. The van der Waals surface area contributed by atoms with Crippen LogP contribution in [0.5, 0.6) is 0 Å². The number of benzene rings is 1. The Hall–Kier alpha value is -1.60. The number of anilines is 1. The summed E-state index contributed by atoms with van der Waals surface area (Å²) in [7, 11) is -3.36. The van der Waals surface area contributed by atoms with Crippen LogP contribution in [0.3, 0.4) is 0 Å². The minimum atomic E-state index is -3.36. The third-order valence-electron chi connectivity index (χ3n) is 3.08. The fourth-order valence-corrected chi connectivity index (χ4v) is 3.49. The van der Waals surface area contributed by atoms with Crippen molar-refractivity contribution in [1.29, 1.82) is 0 Å². The standard InChI is InChI=1S/C13H19N3O3S/c1-2-14-12-7-5-6-11(10-12)13(17)15-16-8-3-4-9-20(16,18)19/h5-7,10,14H,2-4,8-9H2,1H3,(H,15,17). The molecule has 2 N–H and O–H groups in total. The maximum Gasteiger partial charge on any atom is 0.266 e. The van der Waals surface area contributed by atoms with E-state index in [9.17, 15) is 13.2 Å². The number of hydrazine groups is 1. The zero-order chi connectivity index (χ0) is 14.6. The van der Waals surface area contributed by atoms with Crippen molar-refractivity contribution in [3.8, 4) is 0 Å². The zero-order valence-electron chi connectivity index (χ0n) is 11.4. The van der Waals surface area contributed by atoms with Gasteiger partial charge in [0.2, 0.25) is 10.0 Å². The van der Waals surface area contributed by atoms with E-state index in [0.29, 0.717) is 18.5 Å². The van der Waals surface area contributed by atoms with Gasteiger partial charge in [-0.1, -0.05) is 6.07 Å². The fraction of sp³-hybridized carbons (Fsp3) is 0.462. The van der Waals surface area contributed by atoms with Gasteiger partial charge in [0.1, 0.15) is 0 Å². The third-order valence-corrected chi connectivity index (χ3v) is 4.83. The molecule has 0 aliphatic carbocycles. The van der Waals surface area contributed by atoms with E-state index in [-0.39, 0.29) is 5.75 Å². The molecule has 0 spiro atoms. The molecule has 0 aromatic heterocycles. The lowest BCUT2D eigenvalue weighted by molar-refractivity contribution is 0.0874. The second-order valence-electron chi connectivity index (χ2n) is 4.65. The van der Waals surface area contributed by atoms with Crippen LogP contribution >= 0.6 is 0 Å². The van der Waals surface area contributed by atoms with E-state index in [1.807, 2.05) is 13.0 Å². The van der Waals surface area contributed by atoms with Crippen LogP contribution in [0.25, 0.3) is 0 Å². The Morgan fingerprint density at radius 2 is 2.15 bits per heavy atom. The molecule has 6 nitrogen and oxygen atoms in total. The second kappa shape index (κ2) is 6.23. The van der Waals surface area contributed by atoms with Gasteiger partial charge in [0, 0.05) is 24.3 Å². The minimum absolute atomic E-state index is 0.0880. The second-order valence-corrected chi connectivity index (χ2v) is 6.66. The van der Waals surface area contributed by atoms with Crippen LogP contribution in [0.15, 0.2) is 24.3 Å². The third kappa shape index (κ3) is 3.49. The maximum absolute atomic E-state index is 12.1. The number of nitrogens with one attached hydrogen (secondary N) is 2. The summed E-state index contributed by atoms with van der Waals surface area (Å²) in [5, 5.41) is 3.11. The van der Waals surface area contributed by atoms with Crippen molar-refractivity contribution in [2.24, 2.45) is 0 Å². The Labute approximate surface area is 119 Å². The summed E-state index contributed by atoms with van der Waals surface area (Å²) in [6.45, 7) is 3.06. The molecule has 20 heavy (non-hydrogen) atoms. The van der Waals surface area contributed by atoms with Crippen molar-refractivity contribution in [3.63, 3.8) is 0 Å². The van der Waals surface area contributed by atoms with Gasteiger partial charge in [0.15, 0.2) is 0 Å². The summed E-state index contributed by atoms with van der Waals surface area (Å²) >= 11 is 0. The van der Waals surface area contributed by atoms with E-state index in [2.05, 4.69) is 10.7 Å². The molecular formula is C13H19N3O3S. The summed E-state index contributed by atoms with van der Waals surface area (Å²) in [5.41, 5.74) is 3.74. The van der Waals surface area contributed by atoms with Gasteiger partial charge < -0.3 is 5.32 Å². The molecule has 2 rings (SSSR count). The molecule has 0 unspecified atom stereocenters. The van der Waals surface area contributed by atoms with Crippen LogP contribution < -0.4 is 10.7 Å². The van der Waals surface area contributed by atoms with Gasteiger partial charge in [-0.3, -0.25) is 10.2 Å². The van der Waals surface area contributed by atoms with Crippen LogP contribution in [0.4, 0.5) is 5.69 Å². The van der Waals surface area contributed by atoms with E-state index in [1.165, 1.54) is 0 Å². The fourth-order valence-electron chi connectivity index (χ4n) is 2.07. The van der Waals surface area contributed by atoms with Crippen LogP contribution in [-0.4, -0.2) is 37.6 Å². The van der Waals surface area contributed by atoms with E-state index in [1.54, 1.807) is 18.2 Å². The Morgan fingerprint density at radius 3 is 2.85 bits per heavy atom. The van der Waals surface area contributed by atoms with Crippen molar-refractivity contribution in [1.82, 2.24) is 9.84 Å². The first-order valence-corrected chi connectivity index (χ1v) is 8.29. The summed E-state index contributed by atoms with van der Waals surface area (Å²) in [6, 6.07) is 6.98. The van der Waals surface area contributed by atoms with Gasteiger partial charge in [-0.15, -0.1) is 4.41 Å². The van der Waals surface area contributed by atoms with Crippen LogP contribution in [0.1, 0.15) is 30.1 Å². The van der Waals surface area contributed by atoms with Crippen molar-refractivity contribution in [3.05, 3.63) is 29.8 Å². The number of hydrogen-bond acceptors (Lipinski definition) is 4. The molecule has 1 amide bonds. The number of hydrogen-bond donors (Lipinski definition) is 2. The first-order valence-electron chi connectivity index (χ1n) is 6.68. The van der Waals surface area contributed by atoms with Gasteiger partial charge >= 0.3 is 0 Å². The van der Waals surface area contributed by atoms with Crippen molar-refractivity contribution in [2.75, 3.05) is 24.2 Å². The van der Waals surface area contributed by atoms with E-state index >= 15 is 0 Å². The molecule has 7 heteroatoms. The Kier molecular flexibility index (Phi) is 4.61. The molecule has 1 fully saturated rings. The number of sulfonamides is 1. The van der Waals surface area contributed by atoms with Crippen molar-refractivity contribution in [2.45, 2.75) is 19.8 Å². The molecule has 110 valence electrons. The molecule has 1 aromatic rings. The molecule has 0 atom stereocenters. The Morgan fingerprint density at radius 1 is 1.35 bits per heavy atom. The van der Waals surface area contributed by atoms with E-state index < -0.39 is 15.9 Å². The minimum Gasteiger partial charge on any atom is -0.385 e. The topological polar surface area (TPSA) is 78.5 Å². The number of carbonyl (C=O) groups excluding carboxylic acids is 1. The predicted molar refractivity (Wildman–Crippen MR) is 77.8 cm³/mol. The molecule has 0 radical (unpaired) electrons. The number of carbonyl (C=O) groups is 1. The van der Waals surface area contributed by atoms with Gasteiger partial charge in [-0.25, -0.2) is 8.42 Å². The first kappa shape index (κ1) is 14.8. The number of amides is 1. The molecule has 1 aromatic carbocycles. The SMILES string of the molecule is CCNc1cccc(C(=O)NN2CCCCS2(=O)=O)c1. The lowest BCUT2D eigenvalue weighted by Crippen LogP contribution is -2.49. The first-order chi connectivity index (χ1) is 9.53. The highest BCUT2D eigenvalue weighted by molar-refractivity contribution is 7.89. The number of nitrogens with zero attached hydrogens (tertiary/aromatic N) is 1. The molecule has 1 heterocycles. The Balaban J connectivity index is 2.09. The highest BCUT2D eigenvalue weighted by atomic mass is 32.2. The van der Waals surface area contributed by atoms with Gasteiger partial charge in [-0.05, 0) is 38.0 Å². The van der Waals surface area contributed by atoms with Crippen molar-refractivity contribution < 1.29 is 13.2 Å². The average Bonchev–Trinajstić information content (AvgIpc) is 2.42. The summed E-state index contributed by atoms with van der Waals surface area (Å²) < 4.78 is 24.7. The van der Waals surface area contributed by atoms with E-state index in [0.717, 1.165) is 23.1 Å². The lowest BCUT2D eigenvalue weighted by Gasteiger charge is -2.26. The van der Waals surface area contributed by atoms with E-state index in [4.69, 9.17) is 0 Å². The zero-order valence-corrected chi connectivity index (χ0v) is 12.2. The molecule has 1 aliphatic heterocycles. The quantitative estimate of drug-likeness (QED) is 0.875. The summed E-state index contributed by atoms with van der Waals surface area (Å²) in [4.78, 5) is 12.1. The van der Waals surface area contributed by atoms with Gasteiger partial charge in [0.25, 0.3) is 5.91 Å². The normalized spacial score (nSPS) is 18.4. The maximum atomic E-state index is 12.1. The largest absolute Gasteiger partial charge is 0.385 e. The molecule has 1 aliphatic rings. The Bertz CT molecular complexity index is 586. The predicted octanol–water partition coefficient (Wildman–Crippen LogP) is 1.19. The molecule has 1 saturated heterocycles. The summed E-state index contributed by atoms with van der Waals surface area (Å²) in [5.74, 6) is -0.319. The van der Waals surface area contributed by atoms with Crippen LogP contribution in [0.2, 0.25) is 0 Å². The van der Waals surface area contributed by atoms with Gasteiger partial charge in [-0.2, -0.15) is 0 Å². The monoisotopic (exact) mass is 297 g/mol. The lowest BCUT2D eigenvalue weighted by atomic mass is 10.2. The van der Waals surface area contributed by atoms with Crippen LogP contribution in [0, 0.1) is 0 Å². The van der Waals surface area contributed by atoms with Crippen molar-refractivity contribution >= 4 is 21.6 Å². The summed E-state index contributed by atoms with van der Waals surface area (Å²) in [6.07, 6.45) is 1.40. The smallest absolute Gasteiger partial charge is 0.266 e. The number of rotatable bonds is 4. The molecule has 0 bridgehead atoms. The molecular weight excluding hydrogens is 278 g/mol. The average molecular weight is 297 g/mol. The highest BCUT2D eigenvalue weighted by Gasteiger charge is 2.27. The molecule has 0 saturated carbocycles. The van der Waals surface area contributed by atoms with Gasteiger partial charge in [0.05, 0.1) is 5.75 Å². The van der Waals surface area contributed by atoms with Crippen LogP contribution in [-0.2, 0) is 10.0 Å².